The van der Waals surface area contributed by atoms with Crippen molar-refractivity contribution in [2.45, 2.75) is 45.6 Å². The zero-order valence-corrected chi connectivity index (χ0v) is 11.2. The summed E-state index contributed by atoms with van der Waals surface area (Å²) in [6.07, 6.45) is 6.61. The molecular weight excluding hydrogens is 206 g/mol. The fraction of sp³-hybridized carbons (Fsp3) is 0.500. The van der Waals surface area contributed by atoms with E-state index in [4.69, 9.17) is 0 Å². The maximum atomic E-state index is 3.84. The highest BCUT2D eigenvalue weighted by Crippen LogP contribution is 2.10. The molecule has 0 aliphatic rings. The molecule has 0 amide bonds. The summed E-state index contributed by atoms with van der Waals surface area (Å²) in [5.41, 5.74) is 2.79. The van der Waals surface area contributed by atoms with E-state index in [-0.39, 0.29) is 0 Å². The molecule has 1 aromatic carbocycles. The molecule has 0 aliphatic carbocycles. The van der Waals surface area contributed by atoms with Crippen LogP contribution in [0.3, 0.4) is 0 Å². The fourth-order valence-corrected chi connectivity index (χ4v) is 2.06. The van der Waals surface area contributed by atoms with Crippen LogP contribution in [0.2, 0.25) is 0 Å². The second kappa shape index (κ2) is 8.08. The van der Waals surface area contributed by atoms with Gasteiger partial charge in [-0.1, -0.05) is 42.8 Å². The Morgan fingerprint density at radius 3 is 2.88 bits per heavy atom. The zero-order chi connectivity index (χ0) is 12.5. The van der Waals surface area contributed by atoms with E-state index >= 15 is 0 Å². The summed E-state index contributed by atoms with van der Waals surface area (Å²) in [4.78, 5) is 0. The van der Waals surface area contributed by atoms with Gasteiger partial charge in [0.25, 0.3) is 0 Å². The molecule has 0 radical (unpaired) electrons. The van der Waals surface area contributed by atoms with E-state index in [1.807, 2.05) is 6.08 Å². The van der Waals surface area contributed by atoms with E-state index in [2.05, 4.69) is 50.0 Å². The Balaban J connectivity index is 2.42. The predicted octanol–water partition coefficient (Wildman–Crippen LogP) is 3.87. The molecule has 17 heavy (non-hydrogen) atoms. The van der Waals surface area contributed by atoms with Gasteiger partial charge in [-0.05, 0) is 44.7 Å². The summed E-state index contributed by atoms with van der Waals surface area (Å²) in [5, 5.41) is 3.58. The summed E-state index contributed by atoms with van der Waals surface area (Å²) in [7, 11) is 0. The summed E-state index contributed by atoms with van der Waals surface area (Å²) in [6, 6.07) is 9.38. The Labute approximate surface area is 106 Å². The smallest absolute Gasteiger partial charge is 0.0105 e. The van der Waals surface area contributed by atoms with Gasteiger partial charge < -0.3 is 5.32 Å². The molecule has 0 fully saturated rings. The van der Waals surface area contributed by atoms with Crippen LogP contribution in [0.25, 0.3) is 0 Å². The van der Waals surface area contributed by atoms with Crippen LogP contribution in [0.1, 0.15) is 37.3 Å². The standard InChI is InChI=1S/C16H25N/c1-4-7-16(17-12-5-2)11-10-15-9-6-8-14(3)13-15/h4,6,8-9,13,16-17H,1,5,7,10-12H2,2-3H3. The van der Waals surface area contributed by atoms with E-state index in [0.717, 1.165) is 19.4 Å². The van der Waals surface area contributed by atoms with E-state index in [1.165, 1.54) is 24.0 Å². The minimum absolute atomic E-state index is 0.577. The predicted molar refractivity (Wildman–Crippen MR) is 76.4 cm³/mol. The van der Waals surface area contributed by atoms with Crippen LogP contribution in [0.5, 0.6) is 0 Å². The van der Waals surface area contributed by atoms with E-state index in [9.17, 15) is 0 Å². The van der Waals surface area contributed by atoms with Crippen LogP contribution in [0.15, 0.2) is 36.9 Å². The van der Waals surface area contributed by atoms with Gasteiger partial charge in [0.05, 0.1) is 0 Å². The molecule has 0 saturated heterocycles. The van der Waals surface area contributed by atoms with Crippen LogP contribution >= 0.6 is 0 Å². The van der Waals surface area contributed by atoms with E-state index < -0.39 is 0 Å². The largest absolute Gasteiger partial charge is 0.314 e. The van der Waals surface area contributed by atoms with Crippen LogP contribution in [-0.4, -0.2) is 12.6 Å². The van der Waals surface area contributed by atoms with Crippen molar-refractivity contribution >= 4 is 0 Å². The van der Waals surface area contributed by atoms with Gasteiger partial charge in [-0.25, -0.2) is 0 Å². The maximum absolute atomic E-state index is 3.84. The molecule has 94 valence electrons. The first-order chi connectivity index (χ1) is 8.26. The molecule has 0 bridgehead atoms. The highest BCUT2D eigenvalue weighted by molar-refractivity contribution is 5.22. The number of nitrogens with one attached hydrogen (secondary N) is 1. The molecule has 1 N–H and O–H groups in total. The molecule has 1 aromatic rings. The first-order valence-electron chi connectivity index (χ1n) is 6.66. The summed E-state index contributed by atoms with van der Waals surface area (Å²) >= 11 is 0. The fourth-order valence-electron chi connectivity index (χ4n) is 2.06. The minimum atomic E-state index is 0.577. The summed E-state index contributed by atoms with van der Waals surface area (Å²) < 4.78 is 0. The van der Waals surface area contributed by atoms with Crippen molar-refractivity contribution in [2.75, 3.05) is 6.54 Å². The summed E-state index contributed by atoms with van der Waals surface area (Å²) in [5.74, 6) is 0. The lowest BCUT2D eigenvalue weighted by atomic mass is 10.0. The number of rotatable bonds is 8. The van der Waals surface area contributed by atoms with Gasteiger partial charge in [-0.3, -0.25) is 0 Å². The normalized spacial score (nSPS) is 12.4. The molecule has 1 heteroatoms. The Morgan fingerprint density at radius 1 is 1.41 bits per heavy atom. The number of hydrogen-bond acceptors (Lipinski definition) is 1. The SMILES string of the molecule is C=CCC(CCc1cccc(C)c1)NCCC. The average Bonchev–Trinajstić information content (AvgIpc) is 2.33. The Bertz CT molecular complexity index is 330. The molecule has 0 spiro atoms. The van der Waals surface area contributed by atoms with Crippen LogP contribution in [-0.2, 0) is 6.42 Å². The first kappa shape index (κ1) is 14.0. The van der Waals surface area contributed by atoms with Gasteiger partial charge in [0.1, 0.15) is 0 Å². The van der Waals surface area contributed by atoms with Gasteiger partial charge in [0, 0.05) is 6.04 Å². The molecule has 0 aliphatic heterocycles. The van der Waals surface area contributed by atoms with Crippen LogP contribution in [0, 0.1) is 6.92 Å². The van der Waals surface area contributed by atoms with Crippen molar-refractivity contribution in [3.63, 3.8) is 0 Å². The third-order valence-electron chi connectivity index (χ3n) is 3.00. The Hall–Kier alpha value is -1.08. The highest BCUT2D eigenvalue weighted by Gasteiger charge is 2.05. The Morgan fingerprint density at radius 2 is 2.24 bits per heavy atom. The monoisotopic (exact) mass is 231 g/mol. The van der Waals surface area contributed by atoms with E-state index in [0.29, 0.717) is 6.04 Å². The highest BCUT2D eigenvalue weighted by atomic mass is 14.9. The second-order valence-electron chi connectivity index (χ2n) is 4.70. The lowest BCUT2D eigenvalue weighted by molar-refractivity contribution is 0.484. The molecule has 1 rings (SSSR count). The van der Waals surface area contributed by atoms with E-state index in [1.54, 1.807) is 0 Å². The molecular formula is C16H25N. The van der Waals surface area contributed by atoms with Crippen molar-refractivity contribution in [2.24, 2.45) is 0 Å². The lowest BCUT2D eigenvalue weighted by Crippen LogP contribution is -2.29. The summed E-state index contributed by atoms with van der Waals surface area (Å²) in [6.45, 7) is 9.30. The van der Waals surface area contributed by atoms with Gasteiger partial charge in [-0.2, -0.15) is 0 Å². The molecule has 0 heterocycles. The number of aryl methyl sites for hydroxylation is 2. The molecule has 0 aromatic heterocycles. The van der Waals surface area contributed by atoms with Gasteiger partial charge in [0.2, 0.25) is 0 Å². The minimum Gasteiger partial charge on any atom is -0.314 e. The van der Waals surface area contributed by atoms with Crippen molar-refractivity contribution in [3.8, 4) is 0 Å². The third-order valence-corrected chi connectivity index (χ3v) is 3.00. The molecule has 1 nitrogen and oxygen atoms in total. The topological polar surface area (TPSA) is 12.0 Å². The van der Waals surface area contributed by atoms with Crippen molar-refractivity contribution in [3.05, 3.63) is 48.0 Å². The van der Waals surface area contributed by atoms with Gasteiger partial charge in [-0.15, -0.1) is 6.58 Å². The van der Waals surface area contributed by atoms with Crippen molar-refractivity contribution in [1.29, 1.82) is 0 Å². The van der Waals surface area contributed by atoms with Gasteiger partial charge >= 0.3 is 0 Å². The number of hydrogen-bond donors (Lipinski definition) is 1. The average molecular weight is 231 g/mol. The third kappa shape index (κ3) is 5.69. The van der Waals surface area contributed by atoms with Crippen molar-refractivity contribution in [1.82, 2.24) is 5.32 Å². The first-order valence-corrected chi connectivity index (χ1v) is 6.66. The molecule has 0 saturated carbocycles. The maximum Gasteiger partial charge on any atom is 0.0105 e. The lowest BCUT2D eigenvalue weighted by Gasteiger charge is -2.16. The molecule has 1 unspecified atom stereocenters. The second-order valence-corrected chi connectivity index (χ2v) is 4.70. The van der Waals surface area contributed by atoms with Crippen LogP contribution in [0.4, 0.5) is 0 Å². The Kier molecular flexibility index (Phi) is 6.64. The molecule has 1 atom stereocenters. The van der Waals surface area contributed by atoms with Crippen LogP contribution < -0.4 is 5.32 Å². The van der Waals surface area contributed by atoms with Gasteiger partial charge in [0.15, 0.2) is 0 Å². The zero-order valence-electron chi connectivity index (χ0n) is 11.2. The quantitative estimate of drug-likeness (QED) is 0.670. The van der Waals surface area contributed by atoms with Crippen molar-refractivity contribution < 1.29 is 0 Å². The number of benzene rings is 1.